The Morgan fingerprint density at radius 2 is 2.06 bits per heavy atom. The molecule has 3 N–H and O–H groups in total. The molecule has 1 aromatic rings. The van der Waals surface area contributed by atoms with Crippen LogP contribution in [0.25, 0.3) is 0 Å². The van der Waals surface area contributed by atoms with Gasteiger partial charge in [0, 0.05) is 11.6 Å². The first-order valence-electron chi connectivity index (χ1n) is 5.13. The van der Waals surface area contributed by atoms with E-state index >= 15 is 0 Å². The molecular weight excluding hydrogens is 261 g/mol. The lowest BCUT2D eigenvalue weighted by Gasteiger charge is -2.29. The molecule has 0 heterocycles. The summed E-state index contributed by atoms with van der Waals surface area (Å²) in [5, 5.41) is 9.62. The standard InChI is InChI=1S/C12H16FNO3.ClH/c1-12(2,11(16)17-3)10(14)8-6-7(13)4-5-9(8)15;/h4-6,10,15H,14H2,1-3H3;1H/t10-;/m0./s1. The monoisotopic (exact) mass is 277 g/mol. The zero-order valence-corrected chi connectivity index (χ0v) is 11.3. The van der Waals surface area contributed by atoms with Gasteiger partial charge in [-0.05, 0) is 32.0 Å². The van der Waals surface area contributed by atoms with E-state index in [4.69, 9.17) is 5.73 Å². The first-order valence-corrected chi connectivity index (χ1v) is 5.13. The molecule has 0 amide bonds. The van der Waals surface area contributed by atoms with Gasteiger partial charge in [-0.3, -0.25) is 4.79 Å². The number of ether oxygens (including phenoxy) is 1. The van der Waals surface area contributed by atoms with Gasteiger partial charge >= 0.3 is 5.97 Å². The Morgan fingerprint density at radius 3 is 2.56 bits per heavy atom. The molecule has 0 radical (unpaired) electrons. The van der Waals surface area contributed by atoms with E-state index in [9.17, 15) is 14.3 Å². The third-order valence-corrected chi connectivity index (χ3v) is 2.81. The molecule has 1 aromatic carbocycles. The van der Waals surface area contributed by atoms with Gasteiger partial charge in [-0.25, -0.2) is 4.39 Å². The Morgan fingerprint density at radius 1 is 1.50 bits per heavy atom. The molecule has 0 bridgehead atoms. The number of benzene rings is 1. The van der Waals surface area contributed by atoms with Crippen molar-refractivity contribution in [3.63, 3.8) is 0 Å². The lowest BCUT2D eigenvalue weighted by Crippen LogP contribution is -2.37. The first kappa shape index (κ1) is 16.7. The minimum atomic E-state index is -1.06. The lowest BCUT2D eigenvalue weighted by atomic mass is 9.80. The van der Waals surface area contributed by atoms with Crippen molar-refractivity contribution < 1.29 is 19.0 Å². The minimum absolute atomic E-state index is 0. The van der Waals surface area contributed by atoms with Gasteiger partial charge in [-0.2, -0.15) is 0 Å². The highest BCUT2D eigenvalue weighted by molar-refractivity contribution is 5.85. The Bertz CT molecular complexity index is 437. The van der Waals surface area contributed by atoms with Crippen molar-refractivity contribution in [3.05, 3.63) is 29.6 Å². The number of phenols is 1. The number of halogens is 2. The van der Waals surface area contributed by atoms with Gasteiger partial charge in [0.2, 0.25) is 0 Å². The van der Waals surface area contributed by atoms with E-state index in [0.717, 1.165) is 12.1 Å². The summed E-state index contributed by atoms with van der Waals surface area (Å²) in [5.41, 5.74) is 5.02. The molecule has 6 heteroatoms. The van der Waals surface area contributed by atoms with Crippen LogP contribution in [0.5, 0.6) is 5.75 Å². The molecule has 0 aliphatic rings. The molecule has 102 valence electrons. The topological polar surface area (TPSA) is 72.5 Å². The van der Waals surface area contributed by atoms with E-state index in [1.54, 1.807) is 13.8 Å². The molecule has 4 nitrogen and oxygen atoms in total. The van der Waals surface area contributed by atoms with Crippen LogP contribution in [0.3, 0.4) is 0 Å². The molecule has 0 fully saturated rings. The van der Waals surface area contributed by atoms with Crippen molar-refractivity contribution in [2.75, 3.05) is 7.11 Å². The Balaban J connectivity index is 0.00000289. The molecule has 1 atom stereocenters. The molecule has 0 saturated heterocycles. The third-order valence-electron chi connectivity index (χ3n) is 2.81. The number of hydrogen-bond donors (Lipinski definition) is 2. The van der Waals surface area contributed by atoms with Crippen molar-refractivity contribution in [2.45, 2.75) is 19.9 Å². The largest absolute Gasteiger partial charge is 0.508 e. The average Bonchev–Trinajstić information content (AvgIpc) is 2.30. The van der Waals surface area contributed by atoms with Crippen molar-refractivity contribution in [1.29, 1.82) is 0 Å². The molecule has 18 heavy (non-hydrogen) atoms. The second-order valence-electron chi connectivity index (χ2n) is 4.39. The van der Waals surface area contributed by atoms with Gasteiger partial charge in [0.15, 0.2) is 0 Å². The quantitative estimate of drug-likeness (QED) is 0.831. The van der Waals surface area contributed by atoms with Crippen LogP contribution in [0.15, 0.2) is 18.2 Å². The van der Waals surface area contributed by atoms with E-state index in [1.807, 2.05) is 0 Å². The normalized spacial score (nSPS) is 12.5. The fourth-order valence-electron chi connectivity index (χ4n) is 1.55. The lowest BCUT2D eigenvalue weighted by molar-refractivity contribution is -0.152. The third kappa shape index (κ3) is 3.11. The Hall–Kier alpha value is -1.33. The van der Waals surface area contributed by atoms with Crippen molar-refractivity contribution >= 4 is 18.4 Å². The molecule has 0 aliphatic heterocycles. The predicted octanol–water partition coefficient (Wildman–Crippen LogP) is 2.15. The summed E-state index contributed by atoms with van der Waals surface area (Å²) in [6.07, 6.45) is 0. The highest BCUT2D eigenvalue weighted by atomic mass is 35.5. The highest BCUT2D eigenvalue weighted by Crippen LogP contribution is 2.36. The SMILES string of the molecule is COC(=O)C(C)(C)[C@@H](N)c1cc(F)ccc1O.Cl. The second kappa shape index (κ2) is 6.02. The number of hydrogen-bond acceptors (Lipinski definition) is 4. The van der Waals surface area contributed by atoms with Crippen molar-refractivity contribution in [3.8, 4) is 5.75 Å². The fourth-order valence-corrected chi connectivity index (χ4v) is 1.55. The maximum atomic E-state index is 13.1. The molecule has 0 unspecified atom stereocenters. The number of carbonyl (C=O) groups excluding carboxylic acids is 1. The molecule has 0 aliphatic carbocycles. The van der Waals surface area contributed by atoms with Crippen LogP contribution in [0.1, 0.15) is 25.5 Å². The summed E-state index contributed by atoms with van der Waals surface area (Å²) in [6.45, 7) is 3.15. The summed E-state index contributed by atoms with van der Waals surface area (Å²) in [6, 6.07) is 2.59. The fraction of sp³-hybridized carbons (Fsp3) is 0.417. The number of rotatable bonds is 3. The highest BCUT2D eigenvalue weighted by Gasteiger charge is 2.37. The van der Waals surface area contributed by atoms with Gasteiger partial charge in [0.1, 0.15) is 11.6 Å². The number of esters is 1. The summed E-state index contributed by atoms with van der Waals surface area (Å²) in [4.78, 5) is 11.6. The second-order valence-corrected chi connectivity index (χ2v) is 4.39. The zero-order chi connectivity index (χ0) is 13.2. The average molecular weight is 278 g/mol. The van der Waals surface area contributed by atoms with E-state index in [0.29, 0.717) is 0 Å². The Kier molecular flexibility index (Phi) is 5.57. The van der Waals surface area contributed by atoms with Crippen molar-refractivity contribution in [1.82, 2.24) is 0 Å². The van der Waals surface area contributed by atoms with Crippen LogP contribution in [0, 0.1) is 11.2 Å². The van der Waals surface area contributed by atoms with Crippen LogP contribution in [0.4, 0.5) is 4.39 Å². The molecule has 0 aromatic heterocycles. The van der Waals surface area contributed by atoms with Crippen LogP contribution in [-0.2, 0) is 9.53 Å². The Labute approximate surface area is 111 Å². The van der Waals surface area contributed by atoms with Gasteiger partial charge in [0.05, 0.1) is 12.5 Å². The molecule has 0 saturated carbocycles. The van der Waals surface area contributed by atoms with E-state index in [-0.39, 0.29) is 23.7 Å². The summed E-state index contributed by atoms with van der Waals surface area (Å²) in [5.74, 6) is -1.18. The summed E-state index contributed by atoms with van der Waals surface area (Å²) < 4.78 is 17.7. The van der Waals surface area contributed by atoms with Gasteiger partial charge in [0.25, 0.3) is 0 Å². The number of nitrogens with two attached hydrogens (primary N) is 1. The predicted molar refractivity (Wildman–Crippen MR) is 68.0 cm³/mol. The molecule has 0 spiro atoms. The molecule has 1 rings (SSSR count). The van der Waals surface area contributed by atoms with Gasteiger partial charge in [-0.1, -0.05) is 0 Å². The van der Waals surface area contributed by atoms with E-state index in [2.05, 4.69) is 4.74 Å². The van der Waals surface area contributed by atoms with Crippen LogP contribution >= 0.6 is 12.4 Å². The van der Waals surface area contributed by atoms with Crippen LogP contribution in [-0.4, -0.2) is 18.2 Å². The maximum absolute atomic E-state index is 13.1. The smallest absolute Gasteiger partial charge is 0.313 e. The van der Waals surface area contributed by atoms with E-state index < -0.39 is 23.2 Å². The summed E-state index contributed by atoms with van der Waals surface area (Å²) in [7, 11) is 1.25. The molecular formula is C12H17ClFNO3. The van der Waals surface area contributed by atoms with Gasteiger partial charge < -0.3 is 15.6 Å². The number of carbonyl (C=O) groups is 1. The number of phenolic OH excluding ortho intramolecular Hbond substituents is 1. The van der Waals surface area contributed by atoms with E-state index in [1.165, 1.54) is 13.2 Å². The zero-order valence-electron chi connectivity index (χ0n) is 10.4. The maximum Gasteiger partial charge on any atom is 0.313 e. The van der Waals surface area contributed by atoms with Crippen molar-refractivity contribution in [2.24, 2.45) is 11.1 Å². The van der Waals surface area contributed by atoms with Crippen LogP contribution in [0.2, 0.25) is 0 Å². The number of aromatic hydroxyl groups is 1. The first-order chi connectivity index (χ1) is 7.80. The number of methoxy groups -OCH3 is 1. The summed E-state index contributed by atoms with van der Waals surface area (Å²) >= 11 is 0. The minimum Gasteiger partial charge on any atom is -0.508 e. The van der Waals surface area contributed by atoms with Gasteiger partial charge in [-0.15, -0.1) is 12.4 Å². The van der Waals surface area contributed by atoms with Crippen LogP contribution < -0.4 is 5.73 Å².